The number of methoxy groups -OCH3 is 2. The Kier molecular flexibility index (Phi) is 4.89. The Balaban J connectivity index is 2.35. The fraction of sp³-hybridized carbons (Fsp3) is 0.200. The number of hydrogen-bond donors (Lipinski definition) is 0. The molecule has 0 bridgehead atoms. The van der Waals surface area contributed by atoms with Crippen LogP contribution in [-0.4, -0.2) is 14.2 Å². The van der Waals surface area contributed by atoms with E-state index in [9.17, 15) is 4.39 Å². The van der Waals surface area contributed by atoms with Gasteiger partial charge in [-0.05, 0) is 23.8 Å². The third-order valence-electron chi connectivity index (χ3n) is 2.95. The van der Waals surface area contributed by atoms with E-state index in [-0.39, 0.29) is 10.6 Å². The molecule has 0 saturated carbocycles. The molecule has 0 radical (unpaired) electrons. The van der Waals surface area contributed by atoms with Gasteiger partial charge in [-0.25, -0.2) is 4.39 Å². The van der Waals surface area contributed by atoms with Gasteiger partial charge in [0.05, 0.1) is 24.1 Å². The van der Waals surface area contributed by atoms with E-state index in [0.29, 0.717) is 22.1 Å². The molecule has 0 aliphatic rings. The molecule has 0 N–H and O–H groups in total. The number of hydrogen-bond acceptors (Lipinski definition) is 2. The van der Waals surface area contributed by atoms with Gasteiger partial charge in [0.1, 0.15) is 17.3 Å². The molecule has 1 atom stereocenters. The lowest BCUT2D eigenvalue weighted by molar-refractivity contribution is 0.411. The summed E-state index contributed by atoms with van der Waals surface area (Å²) in [6, 6.07) is 10.1. The normalized spacial score (nSPS) is 12.1. The standard InChI is InChI=1S/C15H13BrClFO2/c1-19-10-4-5-11(13(18)8-10)15(16)9-3-6-14(20-2)12(17)7-9/h3-8,15H,1-2H3. The van der Waals surface area contributed by atoms with Gasteiger partial charge in [0.25, 0.3) is 0 Å². The zero-order chi connectivity index (χ0) is 14.7. The SMILES string of the molecule is COc1ccc(C(Br)c2ccc(OC)c(Cl)c2)c(F)c1. The molecule has 5 heteroatoms. The minimum Gasteiger partial charge on any atom is -0.497 e. The summed E-state index contributed by atoms with van der Waals surface area (Å²) in [5, 5.41) is 0.489. The van der Waals surface area contributed by atoms with Crippen LogP contribution < -0.4 is 9.47 Å². The zero-order valence-electron chi connectivity index (χ0n) is 11.0. The highest BCUT2D eigenvalue weighted by Gasteiger charge is 2.16. The number of alkyl halides is 1. The van der Waals surface area contributed by atoms with E-state index < -0.39 is 0 Å². The maximum Gasteiger partial charge on any atom is 0.137 e. The number of halogens is 3. The van der Waals surface area contributed by atoms with E-state index >= 15 is 0 Å². The van der Waals surface area contributed by atoms with Crippen LogP contribution in [0.4, 0.5) is 4.39 Å². The molecule has 0 fully saturated rings. The van der Waals surface area contributed by atoms with Gasteiger partial charge in [-0.2, -0.15) is 0 Å². The molecule has 0 spiro atoms. The largest absolute Gasteiger partial charge is 0.497 e. The number of benzene rings is 2. The van der Waals surface area contributed by atoms with Crippen LogP contribution in [0.1, 0.15) is 16.0 Å². The summed E-state index contributed by atoms with van der Waals surface area (Å²) in [6.45, 7) is 0. The summed E-state index contributed by atoms with van der Waals surface area (Å²) < 4.78 is 24.1. The first-order valence-electron chi connectivity index (χ1n) is 5.87. The van der Waals surface area contributed by atoms with Crippen molar-refractivity contribution >= 4 is 27.5 Å². The summed E-state index contributed by atoms with van der Waals surface area (Å²) in [4.78, 5) is -0.295. The first-order chi connectivity index (χ1) is 9.56. The Morgan fingerprint density at radius 1 is 1.10 bits per heavy atom. The van der Waals surface area contributed by atoms with Crippen LogP contribution in [0.3, 0.4) is 0 Å². The molecule has 2 aromatic carbocycles. The van der Waals surface area contributed by atoms with Crippen molar-refractivity contribution in [3.8, 4) is 11.5 Å². The van der Waals surface area contributed by atoms with Crippen molar-refractivity contribution in [1.82, 2.24) is 0 Å². The van der Waals surface area contributed by atoms with Crippen LogP contribution in [0.2, 0.25) is 5.02 Å². The van der Waals surface area contributed by atoms with Gasteiger partial charge in [0.2, 0.25) is 0 Å². The van der Waals surface area contributed by atoms with E-state index in [0.717, 1.165) is 5.56 Å². The van der Waals surface area contributed by atoms with E-state index in [4.69, 9.17) is 21.1 Å². The van der Waals surface area contributed by atoms with E-state index in [1.807, 2.05) is 6.07 Å². The highest BCUT2D eigenvalue weighted by atomic mass is 79.9. The van der Waals surface area contributed by atoms with Crippen molar-refractivity contribution in [1.29, 1.82) is 0 Å². The molecule has 20 heavy (non-hydrogen) atoms. The topological polar surface area (TPSA) is 18.5 Å². The fourth-order valence-electron chi connectivity index (χ4n) is 1.86. The molecule has 0 aliphatic carbocycles. The van der Waals surface area contributed by atoms with Crippen molar-refractivity contribution < 1.29 is 13.9 Å². The van der Waals surface area contributed by atoms with Gasteiger partial charge >= 0.3 is 0 Å². The molecule has 2 rings (SSSR count). The average molecular weight is 360 g/mol. The summed E-state index contributed by atoms with van der Waals surface area (Å²) in [7, 11) is 3.05. The van der Waals surface area contributed by atoms with E-state index in [1.165, 1.54) is 13.2 Å². The fourth-order valence-corrected chi connectivity index (χ4v) is 2.78. The maximum atomic E-state index is 14.1. The Morgan fingerprint density at radius 3 is 2.40 bits per heavy atom. The summed E-state index contributed by atoms with van der Waals surface area (Å²) in [5.74, 6) is 0.738. The third kappa shape index (κ3) is 3.07. The predicted octanol–water partition coefficient (Wildman–Crippen LogP) is 4.98. The van der Waals surface area contributed by atoms with Crippen LogP contribution in [0, 0.1) is 5.82 Å². The summed E-state index contributed by atoms with van der Waals surface area (Å²) in [5.41, 5.74) is 1.37. The van der Waals surface area contributed by atoms with Crippen molar-refractivity contribution in [3.63, 3.8) is 0 Å². The second-order valence-electron chi connectivity index (χ2n) is 4.14. The van der Waals surface area contributed by atoms with Crippen LogP contribution in [-0.2, 0) is 0 Å². The van der Waals surface area contributed by atoms with Crippen LogP contribution >= 0.6 is 27.5 Å². The second-order valence-corrected chi connectivity index (χ2v) is 5.47. The van der Waals surface area contributed by atoms with E-state index in [1.54, 1.807) is 31.4 Å². The van der Waals surface area contributed by atoms with Gasteiger partial charge in [-0.1, -0.05) is 39.7 Å². The average Bonchev–Trinajstić information content (AvgIpc) is 2.46. The Morgan fingerprint density at radius 2 is 1.85 bits per heavy atom. The van der Waals surface area contributed by atoms with E-state index in [2.05, 4.69) is 15.9 Å². The molecule has 0 amide bonds. The molecule has 0 aliphatic heterocycles. The van der Waals surface area contributed by atoms with Crippen molar-refractivity contribution in [2.24, 2.45) is 0 Å². The van der Waals surface area contributed by atoms with Crippen molar-refractivity contribution in [3.05, 3.63) is 58.4 Å². The Bertz CT molecular complexity index is 619. The highest BCUT2D eigenvalue weighted by Crippen LogP contribution is 2.36. The van der Waals surface area contributed by atoms with Gasteiger partial charge in [0, 0.05) is 11.6 Å². The lowest BCUT2D eigenvalue weighted by atomic mass is 10.0. The van der Waals surface area contributed by atoms with Crippen molar-refractivity contribution in [2.45, 2.75) is 4.83 Å². The molecule has 106 valence electrons. The molecular formula is C15H13BrClFO2. The summed E-state index contributed by atoms with van der Waals surface area (Å²) in [6.07, 6.45) is 0. The molecule has 0 saturated heterocycles. The minimum absolute atomic E-state index is 0.295. The van der Waals surface area contributed by atoms with Gasteiger partial charge in [-0.15, -0.1) is 0 Å². The molecule has 0 aromatic heterocycles. The van der Waals surface area contributed by atoms with Crippen LogP contribution in [0.5, 0.6) is 11.5 Å². The first kappa shape index (κ1) is 15.1. The van der Waals surface area contributed by atoms with Gasteiger partial charge in [-0.3, -0.25) is 0 Å². The maximum absolute atomic E-state index is 14.1. The molecule has 1 unspecified atom stereocenters. The molecule has 2 nitrogen and oxygen atoms in total. The number of rotatable bonds is 4. The lowest BCUT2D eigenvalue weighted by Crippen LogP contribution is -1.98. The first-order valence-corrected chi connectivity index (χ1v) is 7.17. The smallest absolute Gasteiger partial charge is 0.137 e. The lowest BCUT2D eigenvalue weighted by Gasteiger charge is -2.14. The van der Waals surface area contributed by atoms with Crippen LogP contribution in [0.25, 0.3) is 0 Å². The third-order valence-corrected chi connectivity index (χ3v) is 4.27. The quantitative estimate of drug-likeness (QED) is 0.717. The molecule has 2 aromatic rings. The van der Waals surface area contributed by atoms with Gasteiger partial charge in [0.15, 0.2) is 0 Å². The zero-order valence-corrected chi connectivity index (χ0v) is 13.3. The monoisotopic (exact) mass is 358 g/mol. The summed E-state index contributed by atoms with van der Waals surface area (Å²) >= 11 is 9.58. The van der Waals surface area contributed by atoms with Crippen LogP contribution in [0.15, 0.2) is 36.4 Å². The predicted molar refractivity (Wildman–Crippen MR) is 81.7 cm³/mol. The Labute approximate surface area is 130 Å². The molecular weight excluding hydrogens is 347 g/mol. The molecule has 0 heterocycles. The second kappa shape index (κ2) is 6.46. The number of ether oxygens (including phenoxy) is 2. The van der Waals surface area contributed by atoms with Crippen molar-refractivity contribution in [2.75, 3.05) is 14.2 Å². The minimum atomic E-state index is -0.335. The highest BCUT2D eigenvalue weighted by molar-refractivity contribution is 9.09. The van der Waals surface area contributed by atoms with Gasteiger partial charge < -0.3 is 9.47 Å². The Hall–Kier alpha value is -1.26.